The number of hydrogen-bond donors (Lipinski definition) is 0. The van der Waals surface area contributed by atoms with Crippen LogP contribution in [0.2, 0.25) is 0 Å². The second-order valence-corrected chi connectivity index (χ2v) is 7.62. The van der Waals surface area contributed by atoms with E-state index in [1.807, 2.05) is 29.7 Å². The number of carbonyl (C=O) groups excluding carboxylic acids is 1. The molecule has 3 rings (SSSR count). The summed E-state index contributed by atoms with van der Waals surface area (Å²) in [5.41, 5.74) is 1.12. The Kier molecular flexibility index (Phi) is 5.83. The van der Waals surface area contributed by atoms with Crippen molar-refractivity contribution in [3.05, 3.63) is 34.9 Å². The molecule has 6 nitrogen and oxygen atoms in total. The molecule has 25 heavy (non-hydrogen) atoms. The summed E-state index contributed by atoms with van der Waals surface area (Å²) in [5.74, 6) is 4.63. The lowest BCUT2D eigenvalue weighted by Crippen LogP contribution is -2.28. The minimum atomic E-state index is -0.0494. The zero-order chi connectivity index (χ0) is 17.8. The van der Waals surface area contributed by atoms with Gasteiger partial charge in [-0.2, -0.15) is 16.7 Å². The molecular weight excluding hydrogens is 338 g/mol. The van der Waals surface area contributed by atoms with Gasteiger partial charge in [-0.05, 0) is 38.5 Å². The molecule has 0 aromatic carbocycles. The Morgan fingerprint density at radius 2 is 2.28 bits per heavy atom. The molecule has 0 saturated carbocycles. The summed E-state index contributed by atoms with van der Waals surface area (Å²) in [6.07, 6.45) is 3.27. The topological polar surface area (TPSA) is 72.4 Å². The maximum atomic E-state index is 12.7. The van der Waals surface area contributed by atoms with E-state index in [-0.39, 0.29) is 11.8 Å². The van der Waals surface area contributed by atoms with Crippen molar-refractivity contribution in [2.45, 2.75) is 51.7 Å². The molecular formula is C18H25N3O3S. The van der Waals surface area contributed by atoms with Crippen LogP contribution < -0.4 is 0 Å². The first-order valence-electron chi connectivity index (χ1n) is 8.85. The zero-order valence-electron chi connectivity index (χ0n) is 15.1. The third-order valence-electron chi connectivity index (χ3n) is 4.50. The molecule has 0 bridgehead atoms. The number of nitrogens with zero attached hydrogens (tertiary/aromatic N) is 3. The quantitative estimate of drug-likeness (QED) is 0.694. The highest BCUT2D eigenvalue weighted by molar-refractivity contribution is 7.98. The molecule has 1 aliphatic heterocycles. The van der Waals surface area contributed by atoms with Crippen molar-refractivity contribution >= 4 is 17.7 Å². The average Bonchev–Trinajstić information content (AvgIpc) is 3.31. The number of aryl methyl sites for hydroxylation is 2. The fourth-order valence-corrected chi connectivity index (χ4v) is 4.12. The van der Waals surface area contributed by atoms with Crippen molar-refractivity contribution in [1.82, 2.24) is 15.0 Å². The van der Waals surface area contributed by atoms with Gasteiger partial charge < -0.3 is 13.8 Å². The molecule has 2 aromatic heterocycles. The Labute approximate surface area is 152 Å². The van der Waals surface area contributed by atoms with Crippen LogP contribution in [0, 0.1) is 13.8 Å². The van der Waals surface area contributed by atoms with Crippen LogP contribution in [0.25, 0.3) is 0 Å². The molecule has 1 amide bonds. The highest BCUT2D eigenvalue weighted by Gasteiger charge is 2.32. The summed E-state index contributed by atoms with van der Waals surface area (Å²) < 4.78 is 11.0. The Morgan fingerprint density at radius 1 is 1.44 bits per heavy atom. The van der Waals surface area contributed by atoms with Crippen LogP contribution in [0.15, 0.2) is 15.0 Å². The van der Waals surface area contributed by atoms with E-state index in [0.29, 0.717) is 30.6 Å². The van der Waals surface area contributed by atoms with Gasteiger partial charge in [-0.25, -0.2) is 0 Å². The number of carbonyl (C=O) groups is 1. The summed E-state index contributed by atoms with van der Waals surface area (Å²) in [4.78, 5) is 18.8. The molecule has 1 saturated heterocycles. The van der Waals surface area contributed by atoms with E-state index in [4.69, 9.17) is 8.94 Å². The first-order chi connectivity index (χ1) is 12.1. The maximum absolute atomic E-state index is 12.7. The lowest BCUT2D eigenvalue weighted by atomic mass is 10.1. The standard InChI is InChI=1S/C18H25N3O3S/c1-4-5-8-25-11-15-9-16(23-12(15)2)18(22)21-7-6-14(10-21)17-19-13(3)20-24-17/h9,14H,4-8,10-11H2,1-3H3. The average molecular weight is 363 g/mol. The molecule has 0 radical (unpaired) electrons. The van der Waals surface area contributed by atoms with Crippen LogP contribution in [-0.2, 0) is 5.75 Å². The van der Waals surface area contributed by atoms with Crippen LogP contribution in [0.1, 0.15) is 65.7 Å². The Hall–Kier alpha value is -1.76. The van der Waals surface area contributed by atoms with Gasteiger partial charge in [0.2, 0.25) is 5.89 Å². The normalized spacial score (nSPS) is 17.4. The van der Waals surface area contributed by atoms with Gasteiger partial charge in [0.25, 0.3) is 5.91 Å². The van der Waals surface area contributed by atoms with Gasteiger partial charge >= 0.3 is 0 Å². The minimum Gasteiger partial charge on any atom is -0.456 e. The van der Waals surface area contributed by atoms with Crippen molar-refractivity contribution in [3.63, 3.8) is 0 Å². The van der Waals surface area contributed by atoms with Crippen molar-refractivity contribution in [2.75, 3.05) is 18.8 Å². The third kappa shape index (κ3) is 4.26. The van der Waals surface area contributed by atoms with Gasteiger partial charge in [-0.1, -0.05) is 18.5 Å². The Bertz CT molecular complexity index is 725. The number of aromatic nitrogens is 2. The second-order valence-electron chi connectivity index (χ2n) is 6.51. The molecule has 3 heterocycles. The largest absolute Gasteiger partial charge is 0.456 e. The summed E-state index contributed by atoms with van der Waals surface area (Å²) >= 11 is 1.89. The predicted octanol–water partition coefficient (Wildman–Crippen LogP) is 3.94. The monoisotopic (exact) mass is 363 g/mol. The summed E-state index contributed by atoms with van der Waals surface area (Å²) in [6, 6.07) is 1.90. The molecule has 1 fully saturated rings. The maximum Gasteiger partial charge on any atom is 0.289 e. The van der Waals surface area contributed by atoms with E-state index in [1.165, 1.54) is 12.8 Å². The minimum absolute atomic E-state index is 0.0494. The molecule has 1 unspecified atom stereocenters. The first kappa shape index (κ1) is 18.0. The summed E-state index contributed by atoms with van der Waals surface area (Å²) in [6.45, 7) is 7.21. The highest BCUT2D eigenvalue weighted by Crippen LogP contribution is 2.28. The lowest BCUT2D eigenvalue weighted by molar-refractivity contribution is 0.0756. The fraction of sp³-hybridized carbons (Fsp3) is 0.611. The molecule has 2 aromatic rings. The van der Waals surface area contributed by atoms with Crippen molar-refractivity contribution in [3.8, 4) is 0 Å². The number of unbranched alkanes of at least 4 members (excludes halogenated alkanes) is 1. The van der Waals surface area contributed by atoms with E-state index < -0.39 is 0 Å². The number of hydrogen-bond acceptors (Lipinski definition) is 6. The zero-order valence-corrected chi connectivity index (χ0v) is 15.9. The fourth-order valence-electron chi connectivity index (χ4n) is 2.98. The first-order valence-corrected chi connectivity index (χ1v) is 10.0. The van der Waals surface area contributed by atoms with Crippen LogP contribution in [-0.4, -0.2) is 39.8 Å². The Morgan fingerprint density at radius 3 is 3.00 bits per heavy atom. The van der Waals surface area contributed by atoms with Gasteiger partial charge in [-0.3, -0.25) is 4.79 Å². The summed E-state index contributed by atoms with van der Waals surface area (Å²) in [7, 11) is 0. The molecule has 1 atom stereocenters. The van der Waals surface area contributed by atoms with Crippen LogP contribution >= 0.6 is 11.8 Å². The van der Waals surface area contributed by atoms with E-state index in [0.717, 1.165) is 29.3 Å². The van der Waals surface area contributed by atoms with E-state index >= 15 is 0 Å². The van der Waals surface area contributed by atoms with Crippen LogP contribution in [0.5, 0.6) is 0 Å². The molecule has 0 spiro atoms. The molecule has 7 heteroatoms. The number of likely N-dealkylation sites (tertiary alicyclic amines) is 1. The van der Waals surface area contributed by atoms with E-state index in [9.17, 15) is 4.79 Å². The third-order valence-corrected chi connectivity index (χ3v) is 5.59. The smallest absolute Gasteiger partial charge is 0.289 e. The van der Waals surface area contributed by atoms with Gasteiger partial charge in [0.05, 0.1) is 5.92 Å². The second kappa shape index (κ2) is 8.08. The lowest BCUT2D eigenvalue weighted by Gasteiger charge is -2.13. The van der Waals surface area contributed by atoms with Gasteiger partial charge in [0.1, 0.15) is 5.76 Å². The van der Waals surface area contributed by atoms with Gasteiger partial charge in [0, 0.05) is 24.4 Å². The number of amides is 1. The van der Waals surface area contributed by atoms with Gasteiger partial charge in [-0.15, -0.1) is 0 Å². The van der Waals surface area contributed by atoms with Crippen molar-refractivity contribution in [2.24, 2.45) is 0 Å². The molecule has 0 aliphatic carbocycles. The van der Waals surface area contributed by atoms with E-state index in [1.54, 1.807) is 6.92 Å². The number of furan rings is 1. The van der Waals surface area contributed by atoms with Crippen molar-refractivity contribution in [1.29, 1.82) is 0 Å². The highest BCUT2D eigenvalue weighted by atomic mass is 32.2. The van der Waals surface area contributed by atoms with Crippen molar-refractivity contribution < 1.29 is 13.7 Å². The molecule has 1 aliphatic rings. The number of rotatable bonds is 7. The van der Waals surface area contributed by atoms with Crippen LogP contribution in [0.3, 0.4) is 0 Å². The SMILES string of the molecule is CCCCSCc1cc(C(=O)N2CCC(c3nc(C)no3)C2)oc1C. The molecule has 0 N–H and O–H groups in total. The Balaban J connectivity index is 1.60. The van der Waals surface area contributed by atoms with E-state index in [2.05, 4.69) is 17.1 Å². The van der Waals surface area contributed by atoms with Crippen LogP contribution in [0.4, 0.5) is 0 Å². The van der Waals surface area contributed by atoms with Gasteiger partial charge in [0.15, 0.2) is 11.6 Å². The number of thioether (sulfide) groups is 1. The molecule has 136 valence electrons. The summed E-state index contributed by atoms with van der Waals surface area (Å²) in [5, 5.41) is 3.84. The predicted molar refractivity (Wildman–Crippen MR) is 96.8 cm³/mol.